The highest BCUT2D eigenvalue weighted by Crippen LogP contribution is 2.45. The number of aliphatic hydroxyl groups excluding tert-OH is 1. The van der Waals surface area contributed by atoms with Crippen LogP contribution in [-0.4, -0.2) is 76.9 Å². The maximum atomic E-state index is 13.4. The van der Waals surface area contributed by atoms with Crippen LogP contribution in [0.15, 0.2) is 48.5 Å². The summed E-state index contributed by atoms with van der Waals surface area (Å²) < 4.78 is 11.6. The van der Waals surface area contributed by atoms with E-state index in [1.165, 1.54) is 5.57 Å². The molecule has 2 N–H and O–H groups in total. The average Bonchev–Trinajstić information content (AvgIpc) is 3.88. The Bertz CT molecular complexity index is 1600. The zero-order chi connectivity index (χ0) is 36.4. The van der Waals surface area contributed by atoms with Crippen molar-refractivity contribution in [3.05, 3.63) is 65.2 Å². The minimum Gasteiger partial charge on any atom is -0.444 e. The van der Waals surface area contributed by atoms with Gasteiger partial charge in [0, 0.05) is 33.1 Å². The molecule has 1 aliphatic carbocycles. The monoisotopic (exact) mass is 688 g/mol. The predicted octanol–water partition coefficient (Wildman–Crippen LogP) is 6.43. The Morgan fingerprint density at radius 1 is 0.960 bits per heavy atom. The zero-order valence-corrected chi connectivity index (χ0v) is 31.2. The van der Waals surface area contributed by atoms with E-state index in [2.05, 4.69) is 40.6 Å². The first-order chi connectivity index (χ1) is 23.4. The predicted molar refractivity (Wildman–Crippen MR) is 197 cm³/mol. The molecular formula is C40H56N4O6. The third kappa shape index (κ3) is 9.46. The van der Waals surface area contributed by atoms with Crippen LogP contribution in [0.2, 0.25) is 0 Å². The lowest BCUT2D eigenvalue weighted by molar-refractivity contribution is -0.138. The van der Waals surface area contributed by atoms with E-state index in [9.17, 15) is 19.5 Å². The van der Waals surface area contributed by atoms with Gasteiger partial charge in [0.15, 0.2) is 0 Å². The van der Waals surface area contributed by atoms with Gasteiger partial charge in [-0.2, -0.15) is 0 Å². The Labute approximate surface area is 297 Å². The SMILES string of the molecule is CC(=O)N1c2ccc(C3=CCN(C(=O)CC(C)(C)OCC(C)(C)NC(=O)OC(C)(C)C)CC3)cc2N(Cc2ccccc2CO)C[C@@H]1C1CC1. The van der Waals surface area contributed by atoms with E-state index in [0.717, 1.165) is 47.5 Å². The molecule has 1 fully saturated rings. The van der Waals surface area contributed by atoms with Crippen LogP contribution in [0.3, 0.4) is 0 Å². The van der Waals surface area contributed by atoms with Crippen LogP contribution in [0, 0.1) is 5.92 Å². The molecule has 2 heterocycles. The van der Waals surface area contributed by atoms with Crippen LogP contribution in [0.25, 0.3) is 5.57 Å². The molecule has 272 valence electrons. The molecule has 0 bridgehead atoms. The molecular weight excluding hydrogens is 632 g/mol. The molecule has 2 aliphatic heterocycles. The number of anilines is 2. The number of nitrogens with zero attached hydrogens (tertiary/aromatic N) is 3. The van der Waals surface area contributed by atoms with Gasteiger partial charge in [-0.3, -0.25) is 9.59 Å². The van der Waals surface area contributed by atoms with Gasteiger partial charge in [-0.05, 0) is 108 Å². The number of nitrogens with one attached hydrogen (secondary N) is 1. The highest BCUT2D eigenvalue weighted by atomic mass is 16.6. The highest BCUT2D eigenvalue weighted by Gasteiger charge is 2.42. The Hall–Kier alpha value is -3.89. The molecule has 10 nitrogen and oxygen atoms in total. The number of amides is 3. The van der Waals surface area contributed by atoms with E-state index in [-0.39, 0.29) is 37.5 Å². The molecule has 3 amide bonds. The van der Waals surface area contributed by atoms with Gasteiger partial charge >= 0.3 is 6.09 Å². The van der Waals surface area contributed by atoms with Gasteiger partial charge in [-0.15, -0.1) is 0 Å². The molecule has 50 heavy (non-hydrogen) atoms. The van der Waals surface area contributed by atoms with Crippen LogP contribution in [0.5, 0.6) is 0 Å². The fourth-order valence-electron chi connectivity index (χ4n) is 6.91. The first-order valence-corrected chi connectivity index (χ1v) is 17.9. The lowest BCUT2D eigenvalue weighted by Gasteiger charge is -2.44. The molecule has 3 aliphatic rings. The summed E-state index contributed by atoms with van der Waals surface area (Å²) in [4.78, 5) is 45.0. The van der Waals surface area contributed by atoms with Gasteiger partial charge in [0.25, 0.3) is 0 Å². The second-order valence-electron chi connectivity index (χ2n) is 16.4. The van der Waals surface area contributed by atoms with Crippen molar-refractivity contribution in [2.75, 3.05) is 36.0 Å². The fourth-order valence-corrected chi connectivity index (χ4v) is 6.91. The molecule has 1 saturated carbocycles. The maximum Gasteiger partial charge on any atom is 0.408 e. The third-order valence-corrected chi connectivity index (χ3v) is 9.64. The number of benzene rings is 2. The van der Waals surface area contributed by atoms with Crippen LogP contribution < -0.4 is 15.1 Å². The second-order valence-corrected chi connectivity index (χ2v) is 16.4. The van der Waals surface area contributed by atoms with Crippen molar-refractivity contribution in [2.45, 2.75) is 117 Å². The number of aliphatic hydroxyl groups is 1. The number of alkyl carbamates (subject to hydrolysis) is 1. The van der Waals surface area contributed by atoms with E-state index < -0.39 is 22.8 Å². The Morgan fingerprint density at radius 3 is 2.26 bits per heavy atom. The summed E-state index contributed by atoms with van der Waals surface area (Å²) in [5.74, 6) is 0.584. The first-order valence-electron chi connectivity index (χ1n) is 17.9. The third-order valence-electron chi connectivity index (χ3n) is 9.64. The van der Waals surface area contributed by atoms with Crippen molar-refractivity contribution in [2.24, 2.45) is 5.92 Å². The van der Waals surface area contributed by atoms with Crippen molar-refractivity contribution in [1.82, 2.24) is 10.2 Å². The van der Waals surface area contributed by atoms with Crippen molar-refractivity contribution in [3.8, 4) is 0 Å². The smallest absolute Gasteiger partial charge is 0.408 e. The summed E-state index contributed by atoms with van der Waals surface area (Å²) in [6, 6.07) is 14.5. The average molecular weight is 689 g/mol. The largest absolute Gasteiger partial charge is 0.444 e. The van der Waals surface area contributed by atoms with Crippen LogP contribution >= 0.6 is 0 Å². The Morgan fingerprint density at radius 2 is 1.66 bits per heavy atom. The van der Waals surface area contributed by atoms with Gasteiger partial charge in [0.05, 0.1) is 48.2 Å². The number of rotatable bonds is 11. The minimum atomic E-state index is -0.731. The van der Waals surface area contributed by atoms with Gasteiger partial charge in [0.1, 0.15) is 5.60 Å². The first kappa shape index (κ1) is 37.4. The van der Waals surface area contributed by atoms with Crippen molar-refractivity contribution in [1.29, 1.82) is 0 Å². The van der Waals surface area contributed by atoms with Crippen LogP contribution in [-0.2, 0) is 32.2 Å². The van der Waals surface area contributed by atoms with E-state index >= 15 is 0 Å². The van der Waals surface area contributed by atoms with Crippen molar-refractivity contribution < 1.29 is 29.0 Å². The van der Waals surface area contributed by atoms with E-state index in [1.807, 2.05) is 76.5 Å². The minimum absolute atomic E-state index is 0.0166. The molecule has 0 spiro atoms. The molecule has 0 aromatic heterocycles. The summed E-state index contributed by atoms with van der Waals surface area (Å²) >= 11 is 0. The molecule has 2 aromatic carbocycles. The van der Waals surface area contributed by atoms with Crippen LogP contribution in [0.1, 0.15) is 97.8 Å². The number of ether oxygens (including phenoxy) is 2. The molecule has 0 unspecified atom stereocenters. The van der Waals surface area contributed by atoms with E-state index in [0.29, 0.717) is 32.0 Å². The summed E-state index contributed by atoms with van der Waals surface area (Å²) in [5.41, 5.74) is 4.21. The zero-order valence-electron chi connectivity index (χ0n) is 31.2. The summed E-state index contributed by atoms with van der Waals surface area (Å²) in [6.45, 7) is 17.3. The topological polar surface area (TPSA) is 112 Å². The van der Waals surface area contributed by atoms with Gasteiger partial charge in [-0.1, -0.05) is 36.4 Å². The molecule has 0 radical (unpaired) electrons. The normalized spacial score (nSPS) is 18.4. The number of carbonyl (C=O) groups excluding carboxylic acids is 3. The number of hydrogen-bond donors (Lipinski definition) is 2. The lowest BCUT2D eigenvalue weighted by atomic mass is 9.94. The fraction of sp³-hybridized carbons (Fsp3) is 0.575. The highest BCUT2D eigenvalue weighted by molar-refractivity contribution is 5.98. The maximum absolute atomic E-state index is 13.4. The molecule has 10 heteroatoms. The summed E-state index contributed by atoms with van der Waals surface area (Å²) in [6.07, 6.45) is 4.83. The van der Waals surface area contributed by atoms with E-state index in [1.54, 1.807) is 6.92 Å². The van der Waals surface area contributed by atoms with Crippen LogP contribution in [0.4, 0.5) is 16.2 Å². The Balaban J connectivity index is 1.27. The molecule has 2 aromatic rings. The Kier molecular flexibility index (Phi) is 11.0. The van der Waals surface area contributed by atoms with Crippen molar-refractivity contribution >= 4 is 34.9 Å². The summed E-state index contributed by atoms with van der Waals surface area (Å²) in [5, 5.41) is 12.9. The lowest BCUT2D eigenvalue weighted by Crippen LogP contribution is -2.52. The number of carbonyl (C=O) groups is 3. The number of hydrogen-bond acceptors (Lipinski definition) is 7. The summed E-state index contributed by atoms with van der Waals surface area (Å²) in [7, 11) is 0. The molecule has 1 atom stereocenters. The quantitative estimate of drug-likeness (QED) is 0.280. The number of fused-ring (bicyclic) bond motifs is 1. The van der Waals surface area contributed by atoms with Gasteiger partial charge in [0.2, 0.25) is 11.8 Å². The second kappa shape index (κ2) is 14.8. The van der Waals surface area contributed by atoms with Gasteiger partial charge in [-0.25, -0.2) is 4.79 Å². The standard InChI is InChI=1S/C40H56N4O6/c1-27(46)44-33-16-15-30(21-34(33)43(24-35(44)29-13-14-29)23-31-11-9-10-12-32(31)25-45)28-17-19-42(20-18-28)36(47)22-40(7,8)49-26-39(5,6)41-37(48)50-38(2,3)4/h9-12,15-17,21,29,35,45H,13-14,18-20,22-26H2,1-8H3,(H,41,48)/t35-/m1/s1. The molecule has 5 rings (SSSR count). The van der Waals surface area contributed by atoms with Gasteiger partial charge < -0.3 is 34.6 Å². The van der Waals surface area contributed by atoms with E-state index in [4.69, 9.17) is 9.47 Å². The molecule has 0 saturated heterocycles. The van der Waals surface area contributed by atoms with Crippen molar-refractivity contribution in [3.63, 3.8) is 0 Å².